The summed E-state index contributed by atoms with van der Waals surface area (Å²) in [5, 5.41) is -0.415. The summed E-state index contributed by atoms with van der Waals surface area (Å²) < 4.78 is 0. The van der Waals surface area contributed by atoms with E-state index in [0.717, 1.165) is 0 Å². The highest BCUT2D eigenvalue weighted by atomic mass is 31.0. The lowest BCUT2D eigenvalue weighted by Crippen LogP contribution is -2.50. The second kappa shape index (κ2) is 11.8. The zero-order chi connectivity index (χ0) is 32.5. The molecule has 0 N–H and O–H groups in total. The van der Waals surface area contributed by atoms with Gasteiger partial charge in [0.15, 0.2) is 0 Å². The number of rotatable bonds is 6. The molecule has 2 unspecified atom stereocenters. The van der Waals surface area contributed by atoms with Gasteiger partial charge in [-0.25, -0.2) is 0 Å². The first-order chi connectivity index (χ1) is 20.5. The van der Waals surface area contributed by atoms with Crippen LogP contribution in [-0.4, -0.2) is 0 Å². The number of aryl methyl sites for hydroxylation is 8. The zero-order valence-electron chi connectivity index (χ0n) is 29.3. The molecule has 0 heterocycles. The second-order valence-electron chi connectivity index (χ2n) is 14.5. The highest BCUT2D eigenvalue weighted by Crippen LogP contribution is 2.64. The fourth-order valence-corrected chi connectivity index (χ4v) is 9.34. The minimum atomic E-state index is -0.208. The van der Waals surface area contributed by atoms with Crippen molar-refractivity contribution in [3.8, 4) is 0 Å². The van der Waals surface area contributed by atoms with Crippen LogP contribution in [-0.2, 0) is 10.3 Å². The molecule has 0 spiro atoms. The predicted octanol–water partition coefficient (Wildman–Crippen LogP) is 11.4. The third-order valence-electron chi connectivity index (χ3n) is 12.1. The molecule has 1 aliphatic rings. The van der Waals surface area contributed by atoms with E-state index >= 15 is 0 Å². The van der Waals surface area contributed by atoms with Crippen LogP contribution in [0.3, 0.4) is 0 Å². The molecule has 0 aromatic heterocycles. The van der Waals surface area contributed by atoms with Crippen LogP contribution in [0.5, 0.6) is 0 Å². The average Bonchev–Trinajstić information content (AvgIpc) is 2.94. The molecule has 4 atom stereocenters. The van der Waals surface area contributed by atoms with Crippen molar-refractivity contribution in [3.05, 3.63) is 138 Å². The van der Waals surface area contributed by atoms with Gasteiger partial charge < -0.3 is 0 Å². The molecule has 0 nitrogen and oxygen atoms in total. The van der Waals surface area contributed by atoms with Gasteiger partial charge in [0.05, 0.1) is 0 Å². The Kier molecular flexibility index (Phi) is 8.90. The van der Waals surface area contributed by atoms with Gasteiger partial charge >= 0.3 is 0 Å². The first-order valence-electron chi connectivity index (χ1n) is 16.4. The fraction of sp³-hybridized carbons (Fsp3) is 0.429. The first-order valence-corrected chi connectivity index (χ1v) is 17.6. The Morgan fingerprint density at radius 2 is 0.523 bits per heavy atom. The van der Waals surface area contributed by atoms with Crippen LogP contribution in [0.25, 0.3) is 0 Å². The molecule has 2 heteroatoms. The molecule has 0 radical (unpaired) electrons. The highest BCUT2D eigenvalue weighted by Gasteiger charge is 2.55. The van der Waals surface area contributed by atoms with Crippen molar-refractivity contribution in [1.82, 2.24) is 0 Å². The number of hydrogen-bond acceptors (Lipinski definition) is 0. The second-order valence-corrected chi connectivity index (χ2v) is 16.3. The van der Waals surface area contributed by atoms with Crippen molar-refractivity contribution < 1.29 is 0 Å². The number of hydrogen-bond donors (Lipinski definition) is 0. The van der Waals surface area contributed by atoms with Gasteiger partial charge in [-0.1, -0.05) is 48.5 Å². The molecule has 1 fully saturated rings. The van der Waals surface area contributed by atoms with Gasteiger partial charge in [-0.15, -0.1) is 18.5 Å². The van der Waals surface area contributed by atoms with Crippen LogP contribution in [0.4, 0.5) is 0 Å². The summed E-state index contributed by atoms with van der Waals surface area (Å²) >= 11 is 0. The minimum absolute atomic E-state index is 0.208. The Labute approximate surface area is 273 Å². The van der Waals surface area contributed by atoms with Crippen molar-refractivity contribution >= 4 is 18.5 Å². The van der Waals surface area contributed by atoms with Crippen LogP contribution >= 0.6 is 18.5 Å². The summed E-state index contributed by atoms with van der Waals surface area (Å²) in [5.74, 6) is 0.883. The van der Waals surface area contributed by atoms with Gasteiger partial charge in [0.2, 0.25) is 0 Å². The van der Waals surface area contributed by atoms with E-state index in [0.29, 0.717) is 11.8 Å². The van der Waals surface area contributed by atoms with E-state index in [9.17, 15) is 0 Å². The Bertz CT molecular complexity index is 1430. The maximum absolute atomic E-state index is 3.48. The normalized spacial score (nSPS) is 17.1. The van der Waals surface area contributed by atoms with Crippen LogP contribution in [0.15, 0.2) is 48.5 Å². The van der Waals surface area contributed by atoms with E-state index in [4.69, 9.17) is 0 Å². The Balaban J connectivity index is 1.81. The lowest BCUT2D eigenvalue weighted by atomic mass is 9.55. The fourth-order valence-electron chi connectivity index (χ4n) is 7.88. The van der Waals surface area contributed by atoms with Gasteiger partial charge in [0.25, 0.3) is 0 Å². The molecule has 4 aromatic rings. The summed E-state index contributed by atoms with van der Waals surface area (Å²) in [4.78, 5) is 0. The Morgan fingerprint density at radius 3 is 0.659 bits per heavy atom. The van der Waals surface area contributed by atoms with Crippen molar-refractivity contribution in [2.24, 2.45) is 11.8 Å². The van der Waals surface area contributed by atoms with Gasteiger partial charge in [-0.2, -0.15) is 0 Å². The largest absolute Gasteiger partial charge is 0.121 e. The lowest BCUT2D eigenvalue weighted by molar-refractivity contribution is 0.109. The third kappa shape index (κ3) is 5.23. The van der Waals surface area contributed by atoms with Crippen molar-refractivity contribution in [3.63, 3.8) is 0 Å². The summed E-state index contributed by atoms with van der Waals surface area (Å²) in [6.45, 7) is 27.4. The smallest absolute Gasteiger partial charge is 0.0375 e. The van der Waals surface area contributed by atoms with Crippen LogP contribution in [0.1, 0.15) is 102 Å². The van der Waals surface area contributed by atoms with Crippen molar-refractivity contribution in [2.45, 2.75) is 106 Å². The minimum Gasteiger partial charge on any atom is -0.121 e. The van der Waals surface area contributed by atoms with E-state index in [1.165, 1.54) is 102 Å². The zero-order valence-corrected chi connectivity index (χ0v) is 31.7. The van der Waals surface area contributed by atoms with Crippen LogP contribution < -0.4 is 0 Å². The quantitative estimate of drug-likeness (QED) is 0.188. The molecule has 0 saturated heterocycles. The molecular formula is C42H54P2. The summed E-state index contributed by atoms with van der Waals surface area (Å²) in [6.07, 6.45) is 2.41. The molecular weight excluding hydrogens is 566 g/mol. The molecule has 232 valence electrons. The van der Waals surface area contributed by atoms with E-state index < -0.39 is 0 Å². The van der Waals surface area contributed by atoms with E-state index in [1.807, 2.05) is 0 Å². The maximum atomic E-state index is 3.48. The molecule has 0 bridgehead atoms. The number of benzene rings is 4. The predicted molar refractivity (Wildman–Crippen MR) is 200 cm³/mol. The average molecular weight is 621 g/mol. The molecule has 5 rings (SSSR count). The van der Waals surface area contributed by atoms with Gasteiger partial charge in [0, 0.05) is 10.3 Å². The Hall–Kier alpha value is -2.26. The standard InChI is InChI=1S/C42H54P2/c1-23-15-35(16-24(2)31(23)9)41(43,36-17-25(3)32(10)26(4)18-36)39-13-14-40(39)42(44,37-19-27(5)33(11)28(6)20-37)38-21-29(7)34(12)30(8)22-38/h15-22,39-40H,13-14,43-44H2,1-12H3/t39-,40-/m0/s1. The lowest BCUT2D eigenvalue weighted by Gasteiger charge is -2.56. The van der Waals surface area contributed by atoms with E-state index in [-0.39, 0.29) is 10.3 Å². The summed E-state index contributed by atoms with van der Waals surface area (Å²) in [5.41, 5.74) is 22.4. The summed E-state index contributed by atoms with van der Waals surface area (Å²) in [6, 6.07) is 19.9. The molecule has 0 amide bonds. The molecule has 44 heavy (non-hydrogen) atoms. The van der Waals surface area contributed by atoms with Gasteiger partial charge in [0.1, 0.15) is 0 Å². The van der Waals surface area contributed by atoms with Gasteiger partial charge in [-0.3, -0.25) is 0 Å². The van der Waals surface area contributed by atoms with Gasteiger partial charge in [-0.05, 0) is 197 Å². The topological polar surface area (TPSA) is 0 Å². The van der Waals surface area contributed by atoms with E-state index in [1.54, 1.807) is 0 Å². The molecule has 4 aromatic carbocycles. The first kappa shape index (κ1) is 33.1. The highest BCUT2D eigenvalue weighted by molar-refractivity contribution is 7.19. The van der Waals surface area contributed by atoms with Crippen LogP contribution in [0, 0.1) is 94.9 Å². The molecule has 1 saturated carbocycles. The monoisotopic (exact) mass is 620 g/mol. The summed E-state index contributed by atoms with van der Waals surface area (Å²) in [7, 11) is 6.96. The Morgan fingerprint density at radius 1 is 0.364 bits per heavy atom. The molecule has 1 aliphatic carbocycles. The molecule has 0 aliphatic heterocycles. The maximum Gasteiger partial charge on any atom is 0.0375 e. The SMILES string of the molecule is Cc1cc(C(P)(c2cc(C)c(C)c(C)c2)[C@H]2CC[C@@H]2C(P)(c2cc(C)c(C)c(C)c2)c2cc(C)c(C)c(C)c2)cc(C)c1C. The van der Waals surface area contributed by atoms with Crippen molar-refractivity contribution in [1.29, 1.82) is 0 Å². The van der Waals surface area contributed by atoms with Crippen molar-refractivity contribution in [2.75, 3.05) is 0 Å². The van der Waals surface area contributed by atoms with Crippen LogP contribution in [0.2, 0.25) is 0 Å². The van der Waals surface area contributed by atoms with E-state index in [2.05, 4.69) is 150 Å². The third-order valence-corrected chi connectivity index (χ3v) is 14.3.